The first-order valence-corrected chi connectivity index (χ1v) is 5.97. The molecule has 1 atom stereocenters. The lowest BCUT2D eigenvalue weighted by atomic mass is 10.1. The lowest BCUT2D eigenvalue weighted by Crippen LogP contribution is -2.16. The third-order valence-corrected chi connectivity index (χ3v) is 2.68. The molecule has 0 bridgehead atoms. The molecule has 0 radical (unpaired) electrons. The number of H-pyrrole nitrogens is 1. The molecule has 1 unspecified atom stereocenters. The third-order valence-electron chi connectivity index (χ3n) is 2.24. The minimum absolute atomic E-state index is 0.0429. The summed E-state index contributed by atoms with van der Waals surface area (Å²) in [5, 5.41) is 25.7. The Morgan fingerprint density at radius 3 is 2.63 bits per heavy atom. The number of carbonyl (C=O) groups excluding carboxylic acids is 1. The smallest absolute Gasteiger partial charge is 0.269 e. The molecule has 1 aromatic heterocycles. The number of aromatic amines is 1. The standard InChI is InChI=1S/C10H9Cl2N5O2/c11-6-1-5(2-7(12)3-6)8(18)4-9(19)13-10-14-16-17-15-10/h1-3,8,18H,4H2,(H2,13,14,15,16,17,19). The topological polar surface area (TPSA) is 104 Å². The van der Waals surface area contributed by atoms with Crippen LogP contribution < -0.4 is 5.32 Å². The quantitative estimate of drug-likeness (QED) is 0.795. The van der Waals surface area contributed by atoms with Crippen LogP contribution >= 0.6 is 23.2 Å². The average molecular weight is 302 g/mol. The largest absolute Gasteiger partial charge is 0.388 e. The number of halogens is 2. The molecule has 2 aromatic rings. The molecule has 2 rings (SSSR count). The van der Waals surface area contributed by atoms with Crippen LogP contribution in [0.5, 0.6) is 0 Å². The molecule has 1 aromatic carbocycles. The summed E-state index contributed by atoms with van der Waals surface area (Å²) < 4.78 is 0. The Kier molecular flexibility index (Phi) is 4.31. The van der Waals surface area contributed by atoms with Crippen molar-refractivity contribution in [3.63, 3.8) is 0 Å². The van der Waals surface area contributed by atoms with E-state index in [0.29, 0.717) is 15.6 Å². The summed E-state index contributed by atoms with van der Waals surface area (Å²) in [7, 11) is 0. The summed E-state index contributed by atoms with van der Waals surface area (Å²) in [6.45, 7) is 0. The number of tetrazole rings is 1. The first kappa shape index (κ1) is 13.7. The number of rotatable bonds is 4. The van der Waals surface area contributed by atoms with Crippen molar-refractivity contribution in [2.24, 2.45) is 0 Å². The molecule has 1 heterocycles. The van der Waals surface area contributed by atoms with Gasteiger partial charge in [-0.25, -0.2) is 0 Å². The number of aliphatic hydroxyl groups is 1. The fraction of sp³-hybridized carbons (Fsp3) is 0.200. The van der Waals surface area contributed by atoms with E-state index >= 15 is 0 Å². The molecule has 0 aliphatic rings. The molecule has 3 N–H and O–H groups in total. The van der Waals surface area contributed by atoms with Crippen LogP contribution in [0.15, 0.2) is 18.2 Å². The zero-order chi connectivity index (χ0) is 13.8. The van der Waals surface area contributed by atoms with Crippen LogP contribution in [0.3, 0.4) is 0 Å². The number of carbonyl (C=O) groups is 1. The SMILES string of the molecule is O=C(CC(O)c1cc(Cl)cc(Cl)c1)Nc1nn[nH]n1. The Morgan fingerprint density at radius 1 is 1.37 bits per heavy atom. The number of anilines is 1. The molecular formula is C10H9Cl2N5O2. The van der Waals surface area contributed by atoms with Crippen LogP contribution in [-0.4, -0.2) is 31.6 Å². The Morgan fingerprint density at radius 2 is 2.05 bits per heavy atom. The van der Waals surface area contributed by atoms with E-state index < -0.39 is 12.0 Å². The summed E-state index contributed by atoms with van der Waals surface area (Å²) >= 11 is 11.6. The van der Waals surface area contributed by atoms with E-state index in [-0.39, 0.29) is 12.4 Å². The first-order chi connectivity index (χ1) is 9.04. The zero-order valence-electron chi connectivity index (χ0n) is 9.47. The molecule has 9 heteroatoms. The second-order valence-corrected chi connectivity index (χ2v) is 4.58. The number of nitrogens with zero attached hydrogens (tertiary/aromatic N) is 3. The maximum Gasteiger partial charge on any atom is 0.269 e. The molecule has 0 aliphatic carbocycles. The van der Waals surface area contributed by atoms with Crippen molar-refractivity contribution in [2.45, 2.75) is 12.5 Å². The van der Waals surface area contributed by atoms with Gasteiger partial charge < -0.3 is 5.11 Å². The van der Waals surface area contributed by atoms with Crippen molar-refractivity contribution in [3.05, 3.63) is 33.8 Å². The number of amides is 1. The second-order valence-electron chi connectivity index (χ2n) is 3.71. The van der Waals surface area contributed by atoms with Crippen molar-refractivity contribution in [1.29, 1.82) is 0 Å². The molecule has 0 fully saturated rings. The predicted octanol–water partition coefficient (Wildman–Crippen LogP) is 1.57. The van der Waals surface area contributed by atoms with Gasteiger partial charge in [-0.05, 0) is 29.0 Å². The van der Waals surface area contributed by atoms with Gasteiger partial charge in [-0.15, -0.1) is 5.10 Å². The minimum atomic E-state index is -1.02. The Hall–Kier alpha value is -1.70. The van der Waals surface area contributed by atoms with Gasteiger partial charge in [0.05, 0.1) is 12.5 Å². The van der Waals surface area contributed by atoms with Crippen LogP contribution in [-0.2, 0) is 4.79 Å². The summed E-state index contributed by atoms with van der Waals surface area (Å²) in [6.07, 6.45) is -1.20. The van der Waals surface area contributed by atoms with E-state index in [0.717, 1.165) is 0 Å². The van der Waals surface area contributed by atoms with Crippen LogP contribution in [0.2, 0.25) is 10.0 Å². The highest BCUT2D eigenvalue weighted by molar-refractivity contribution is 6.34. The van der Waals surface area contributed by atoms with Gasteiger partial charge in [0.1, 0.15) is 0 Å². The van der Waals surface area contributed by atoms with Crippen molar-refractivity contribution < 1.29 is 9.90 Å². The minimum Gasteiger partial charge on any atom is -0.388 e. The molecule has 19 heavy (non-hydrogen) atoms. The zero-order valence-corrected chi connectivity index (χ0v) is 11.0. The molecule has 0 spiro atoms. The highest BCUT2D eigenvalue weighted by Gasteiger charge is 2.15. The monoisotopic (exact) mass is 301 g/mol. The van der Waals surface area contributed by atoms with Crippen molar-refractivity contribution in [1.82, 2.24) is 20.6 Å². The molecule has 0 aliphatic heterocycles. The van der Waals surface area contributed by atoms with Gasteiger partial charge in [0.15, 0.2) is 0 Å². The average Bonchev–Trinajstić information content (AvgIpc) is 2.80. The van der Waals surface area contributed by atoms with Gasteiger partial charge in [0.2, 0.25) is 5.91 Å². The van der Waals surface area contributed by atoms with Gasteiger partial charge in [0.25, 0.3) is 5.95 Å². The van der Waals surface area contributed by atoms with Crippen LogP contribution in [0, 0.1) is 0 Å². The summed E-state index contributed by atoms with van der Waals surface area (Å²) in [5.41, 5.74) is 0.459. The maximum absolute atomic E-state index is 11.6. The summed E-state index contributed by atoms with van der Waals surface area (Å²) in [4.78, 5) is 11.6. The second kappa shape index (κ2) is 5.96. The third kappa shape index (κ3) is 3.88. The molecule has 0 saturated carbocycles. The predicted molar refractivity (Wildman–Crippen MR) is 68.8 cm³/mol. The lowest BCUT2D eigenvalue weighted by molar-refractivity contribution is -0.118. The van der Waals surface area contributed by atoms with E-state index in [9.17, 15) is 9.90 Å². The van der Waals surface area contributed by atoms with Gasteiger partial charge in [-0.1, -0.05) is 28.3 Å². The highest BCUT2D eigenvalue weighted by atomic mass is 35.5. The number of aromatic nitrogens is 4. The normalized spacial score (nSPS) is 12.2. The fourth-order valence-electron chi connectivity index (χ4n) is 1.45. The Bertz CT molecular complexity index is 555. The van der Waals surface area contributed by atoms with E-state index in [1.54, 1.807) is 18.2 Å². The van der Waals surface area contributed by atoms with Crippen LogP contribution in [0.1, 0.15) is 18.1 Å². The lowest BCUT2D eigenvalue weighted by Gasteiger charge is -2.11. The van der Waals surface area contributed by atoms with E-state index in [4.69, 9.17) is 23.2 Å². The number of benzene rings is 1. The molecule has 1 amide bonds. The van der Waals surface area contributed by atoms with E-state index in [1.807, 2.05) is 0 Å². The molecule has 7 nitrogen and oxygen atoms in total. The Labute approximate surface area is 117 Å². The van der Waals surface area contributed by atoms with Gasteiger partial charge in [0, 0.05) is 10.0 Å². The van der Waals surface area contributed by atoms with Crippen molar-refractivity contribution in [3.8, 4) is 0 Å². The first-order valence-electron chi connectivity index (χ1n) is 5.22. The van der Waals surface area contributed by atoms with E-state index in [2.05, 4.69) is 25.9 Å². The maximum atomic E-state index is 11.6. The summed E-state index contributed by atoms with van der Waals surface area (Å²) in [5.74, 6) is -0.411. The van der Waals surface area contributed by atoms with Gasteiger partial charge in [-0.3, -0.25) is 10.1 Å². The molecular weight excluding hydrogens is 293 g/mol. The van der Waals surface area contributed by atoms with Crippen molar-refractivity contribution >= 4 is 35.1 Å². The van der Waals surface area contributed by atoms with Crippen LogP contribution in [0.25, 0.3) is 0 Å². The Balaban J connectivity index is 2.00. The fourth-order valence-corrected chi connectivity index (χ4v) is 1.99. The number of aliphatic hydroxyl groups excluding tert-OH is 1. The van der Waals surface area contributed by atoms with Gasteiger partial charge in [-0.2, -0.15) is 5.21 Å². The number of hydrogen-bond donors (Lipinski definition) is 3. The van der Waals surface area contributed by atoms with E-state index in [1.165, 1.54) is 0 Å². The van der Waals surface area contributed by atoms with Gasteiger partial charge >= 0.3 is 0 Å². The summed E-state index contributed by atoms with van der Waals surface area (Å²) in [6, 6.07) is 4.62. The molecule has 100 valence electrons. The van der Waals surface area contributed by atoms with Crippen LogP contribution in [0.4, 0.5) is 5.95 Å². The number of nitrogens with one attached hydrogen (secondary N) is 2. The van der Waals surface area contributed by atoms with Crippen molar-refractivity contribution in [2.75, 3.05) is 5.32 Å². The number of hydrogen-bond acceptors (Lipinski definition) is 5. The molecule has 0 saturated heterocycles. The highest BCUT2D eigenvalue weighted by Crippen LogP contribution is 2.25.